The number of nitrogens with zero attached hydrogens (tertiary/aromatic N) is 3. The number of rotatable bonds is 9. The van der Waals surface area contributed by atoms with Crippen LogP contribution < -0.4 is 10.2 Å². The van der Waals surface area contributed by atoms with Gasteiger partial charge in [-0.15, -0.1) is 0 Å². The fourth-order valence-electron chi connectivity index (χ4n) is 6.43. The van der Waals surface area contributed by atoms with E-state index in [9.17, 15) is 14.7 Å². The van der Waals surface area contributed by atoms with Crippen LogP contribution in [0.3, 0.4) is 0 Å². The zero-order chi connectivity index (χ0) is 30.5. The number of unbranched alkanes of at least 4 members (excludes halogenated alkanes) is 2. The largest absolute Gasteiger partial charge is 0.507 e. The van der Waals surface area contributed by atoms with E-state index in [2.05, 4.69) is 70.6 Å². The zero-order valence-corrected chi connectivity index (χ0v) is 26.2. The van der Waals surface area contributed by atoms with Crippen LogP contribution in [0.2, 0.25) is 0 Å². The van der Waals surface area contributed by atoms with E-state index in [1.807, 2.05) is 26.8 Å². The number of piperazine rings is 1. The van der Waals surface area contributed by atoms with Crippen LogP contribution in [0, 0.1) is 20.8 Å². The molecule has 1 fully saturated rings. The summed E-state index contributed by atoms with van der Waals surface area (Å²) in [5.41, 5.74) is 7.44. The summed E-state index contributed by atoms with van der Waals surface area (Å²) in [5.74, 6) is 0.0796. The van der Waals surface area contributed by atoms with Crippen molar-refractivity contribution in [1.29, 1.82) is 0 Å². The Labute approximate surface area is 256 Å². The van der Waals surface area contributed by atoms with E-state index in [-0.39, 0.29) is 17.6 Å². The highest BCUT2D eigenvalue weighted by atomic mass is 16.3. The van der Waals surface area contributed by atoms with Gasteiger partial charge in [0, 0.05) is 57.1 Å². The molecule has 2 amide bonds. The molecule has 0 spiro atoms. The summed E-state index contributed by atoms with van der Waals surface area (Å²) in [7, 11) is 0. The van der Waals surface area contributed by atoms with Crippen LogP contribution in [0.25, 0.3) is 0 Å². The van der Waals surface area contributed by atoms with Crippen LogP contribution in [-0.4, -0.2) is 59.4 Å². The first kappa shape index (κ1) is 30.6. The maximum atomic E-state index is 14.2. The second kappa shape index (κ2) is 13.6. The van der Waals surface area contributed by atoms with Gasteiger partial charge in [-0.25, -0.2) is 0 Å². The van der Waals surface area contributed by atoms with Crippen molar-refractivity contribution in [3.05, 3.63) is 88.0 Å². The van der Waals surface area contributed by atoms with Crippen molar-refractivity contribution in [2.75, 3.05) is 42.9 Å². The van der Waals surface area contributed by atoms with Gasteiger partial charge in [0.25, 0.3) is 5.91 Å². The summed E-state index contributed by atoms with van der Waals surface area (Å²) in [6.45, 7) is 13.0. The van der Waals surface area contributed by atoms with Crippen molar-refractivity contribution in [1.82, 2.24) is 9.80 Å². The van der Waals surface area contributed by atoms with Crippen LogP contribution >= 0.6 is 0 Å². The normalized spacial score (nSPS) is 17.1. The van der Waals surface area contributed by atoms with Gasteiger partial charge < -0.3 is 20.2 Å². The number of fused-ring (bicyclic) bond motifs is 1. The zero-order valence-electron chi connectivity index (χ0n) is 26.2. The third kappa shape index (κ3) is 6.88. The molecular formula is C36H46N4O3. The Hall–Kier alpha value is -3.84. The second-order valence-electron chi connectivity index (χ2n) is 12.2. The average Bonchev–Trinajstić information content (AvgIpc) is 3.02. The van der Waals surface area contributed by atoms with Crippen LogP contribution in [0.1, 0.15) is 72.0 Å². The first-order chi connectivity index (χ1) is 20.8. The van der Waals surface area contributed by atoms with Crippen LogP contribution in [0.15, 0.2) is 54.6 Å². The molecule has 1 saturated heterocycles. The molecule has 0 radical (unpaired) electrons. The Morgan fingerprint density at radius 1 is 0.907 bits per heavy atom. The number of carbonyl (C=O) groups excluding carboxylic acids is 2. The van der Waals surface area contributed by atoms with E-state index in [0.717, 1.165) is 86.3 Å². The summed E-state index contributed by atoms with van der Waals surface area (Å²) >= 11 is 0. The lowest BCUT2D eigenvalue weighted by Gasteiger charge is -2.39. The first-order valence-corrected chi connectivity index (χ1v) is 15.8. The summed E-state index contributed by atoms with van der Waals surface area (Å²) in [6, 6.07) is 18.2. The van der Waals surface area contributed by atoms with Gasteiger partial charge in [0.05, 0.1) is 0 Å². The molecule has 1 atom stereocenters. The number of carbonyl (C=O) groups is 2. The molecule has 5 rings (SSSR count). The van der Waals surface area contributed by atoms with Gasteiger partial charge in [0.2, 0.25) is 5.91 Å². The van der Waals surface area contributed by atoms with Crippen molar-refractivity contribution >= 4 is 23.2 Å². The van der Waals surface area contributed by atoms with E-state index < -0.39 is 6.04 Å². The Morgan fingerprint density at radius 3 is 2.37 bits per heavy atom. The number of hydrogen-bond donors (Lipinski definition) is 2. The van der Waals surface area contributed by atoms with E-state index >= 15 is 0 Å². The number of aromatic hydroxyl groups is 1. The number of aryl methyl sites for hydroxylation is 1. The predicted molar refractivity (Wildman–Crippen MR) is 174 cm³/mol. The molecule has 2 N–H and O–H groups in total. The average molecular weight is 583 g/mol. The number of phenolic OH excluding ortho intramolecular Hbond substituents is 1. The van der Waals surface area contributed by atoms with Crippen molar-refractivity contribution in [3.8, 4) is 5.75 Å². The van der Waals surface area contributed by atoms with Gasteiger partial charge in [-0.2, -0.15) is 0 Å². The molecule has 228 valence electrons. The van der Waals surface area contributed by atoms with Crippen molar-refractivity contribution < 1.29 is 14.7 Å². The SMILES string of the molecule is CCCCCC(=O)N1CCc2ccc(N3CCN(Cc4ccccc4)CC3)cc2C1C(=O)Nc1cc(C)c(O)c(C)c1C. The molecule has 7 heteroatoms. The van der Waals surface area contributed by atoms with Gasteiger partial charge >= 0.3 is 0 Å². The molecule has 43 heavy (non-hydrogen) atoms. The highest BCUT2D eigenvalue weighted by Crippen LogP contribution is 2.36. The number of phenols is 1. The molecule has 3 aromatic rings. The molecule has 0 saturated carbocycles. The Morgan fingerprint density at radius 2 is 1.65 bits per heavy atom. The van der Waals surface area contributed by atoms with Gasteiger partial charge in [-0.05, 0) is 85.2 Å². The van der Waals surface area contributed by atoms with Gasteiger partial charge in [0.15, 0.2) is 0 Å². The van der Waals surface area contributed by atoms with Crippen LogP contribution in [-0.2, 0) is 22.6 Å². The lowest BCUT2D eigenvalue weighted by atomic mass is 9.90. The third-order valence-corrected chi connectivity index (χ3v) is 9.22. The molecule has 0 aliphatic carbocycles. The van der Waals surface area contributed by atoms with Crippen LogP contribution in [0.4, 0.5) is 11.4 Å². The van der Waals surface area contributed by atoms with E-state index in [1.165, 1.54) is 5.56 Å². The molecule has 2 heterocycles. The smallest absolute Gasteiger partial charge is 0.251 e. The minimum atomic E-state index is -0.703. The Balaban J connectivity index is 1.40. The number of hydrogen-bond acceptors (Lipinski definition) is 5. The first-order valence-electron chi connectivity index (χ1n) is 15.8. The minimum Gasteiger partial charge on any atom is -0.507 e. The molecule has 0 aromatic heterocycles. The monoisotopic (exact) mass is 582 g/mol. The number of benzene rings is 3. The quantitative estimate of drug-likeness (QED) is 0.229. The number of anilines is 2. The molecular weight excluding hydrogens is 536 g/mol. The lowest BCUT2D eigenvalue weighted by Crippen LogP contribution is -2.47. The lowest BCUT2D eigenvalue weighted by molar-refractivity contribution is -0.139. The summed E-state index contributed by atoms with van der Waals surface area (Å²) in [5, 5.41) is 13.6. The number of amides is 2. The summed E-state index contributed by atoms with van der Waals surface area (Å²) < 4.78 is 0. The predicted octanol–water partition coefficient (Wildman–Crippen LogP) is 6.28. The maximum absolute atomic E-state index is 14.2. The highest BCUT2D eigenvalue weighted by molar-refractivity contribution is 5.99. The highest BCUT2D eigenvalue weighted by Gasteiger charge is 2.36. The Kier molecular flexibility index (Phi) is 9.71. The molecule has 7 nitrogen and oxygen atoms in total. The molecule has 0 bridgehead atoms. The van der Waals surface area contributed by atoms with Crippen molar-refractivity contribution in [3.63, 3.8) is 0 Å². The standard InChI is InChI=1S/C36H46N4O3/c1-5-6-8-13-33(41)40-17-16-29-14-15-30(39-20-18-38(19-21-39)24-28-11-9-7-10-12-28)23-31(29)34(40)36(43)37-32-22-25(2)35(42)27(4)26(32)3/h7,9-12,14-15,22-23,34,42H,5-6,8,13,16-21,24H2,1-4H3,(H,37,43). The fourth-order valence-corrected chi connectivity index (χ4v) is 6.43. The third-order valence-electron chi connectivity index (χ3n) is 9.22. The molecule has 3 aromatic carbocycles. The van der Waals surface area contributed by atoms with Crippen molar-refractivity contribution in [2.24, 2.45) is 0 Å². The second-order valence-corrected chi connectivity index (χ2v) is 12.2. The van der Waals surface area contributed by atoms with Crippen molar-refractivity contribution in [2.45, 2.75) is 72.4 Å². The fraction of sp³-hybridized carbons (Fsp3) is 0.444. The summed E-state index contributed by atoms with van der Waals surface area (Å²) in [4.78, 5) is 34.4. The van der Waals surface area contributed by atoms with E-state index in [0.29, 0.717) is 24.2 Å². The summed E-state index contributed by atoms with van der Waals surface area (Å²) in [6.07, 6.45) is 4.06. The molecule has 2 aliphatic rings. The van der Waals surface area contributed by atoms with Gasteiger partial charge in [0.1, 0.15) is 11.8 Å². The molecule has 1 unspecified atom stereocenters. The molecule has 2 aliphatic heterocycles. The van der Waals surface area contributed by atoms with Gasteiger partial charge in [-0.1, -0.05) is 56.2 Å². The van der Waals surface area contributed by atoms with E-state index in [1.54, 1.807) is 4.90 Å². The number of nitrogens with one attached hydrogen (secondary N) is 1. The minimum absolute atomic E-state index is 0.0361. The maximum Gasteiger partial charge on any atom is 0.251 e. The van der Waals surface area contributed by atoms with E-state index in [4.69, 9.17) is 0 Å². The Bertz CT molecular complexity index is 1450. The topological polar surface area (TPSA) is 76.1 Å². The van der Waals surface area contributed by atoms with Crippen LogP contribution in [0.5, 0.6) is 5.75 Å². The van der Waals surface area contributed by atoms with Gasteiger partial charge in [-0.3, -0.25) is 14.5 Å².